The maximum atomic E-state index is 13.0. The highest BCUT2D eigenvalue weighted by Crippen LogP contribution is 2.34. The fraction of sp³-hybridized carbons (Fsp3) is 0.308. The van der Waals surface area contributed by atoms with Crippen LogP contribution in [0.5, 0.6) is 17.2 Å². The van der Waals surface area contributed by atoms with Gasteiger partial charge in [-0.1, -0.05) is 19.1 Å². The van der Waals surface area contributed by atoms with Crippen molar-refractivity contribution in [2.75, 3.05) is 13.1 Å². The van der Waals surface area contributed by atoms with Crippen LogP contribution in [0.2, 0.25) is 0 Å². The number of benzene rings is 2. The molecule has 5 rings (SSSR count). The average Bonchev–Trinajstić information content (AvgIpc) is 3.35. The van der Waals surface area contributed by atoms with Crippen LogP contribution in [-0.2, 0) is 16.4 Å². The first-order chi connectivity index (χ1) is 17.2. The van der Waals surface area contributed by atoms with E-state index in [2.05, 4.69) is 17.0 Å². The molecule has 2 aromatic heterocycles. The standard InChI is InChI=1S/C26H28N4O5S/c1-17(18-9-12-29(13-10-18)36(34,35)20-6-7-24(32)25(33)16-20)14-19-15-22(21-4-2-3-5-23(21)31)28-26-8-11-27-30(19)26/h2-8,11,15-18,31-33H,9-10,12-14H2,1H3/t17-/m0/s1. The molecule has 1 aliphatic heterocycles. The van der Waals surface area contributed by atoms with Crippen molar-refractivity contribution in [3.05, 3.63) is 66.5 Å². The van der Waals surface area contributed by atoms with Gasteiger partial charge in [0.1, 0.15) is 5.75 Å². The second-order valence-corrected chi connectivity index (χ2v) is 11.3. The lowest BCUT2D eigenvalue weighted by Crippen LogP contribution is -2.40. The van der Waals surface area contributed by atoms with Gasteiger partial charge in [-0.3, -0.25) is 0 Å². The lowest BCUT2D eigenvalue weighted by atomic mass is 9.83. The number of nitrogens with zero attached hydrogens (tertiary/aromatic N) is 4. The van der Waals surface area contributed by atoms with Crippen LogP contribution in [0.1, 0.15) is 25.5 Å². The molecule has 0 amide bonds. The summed E-state index contributed by atoms with van der Waals surface area (Å²) in [5.41, 5.74) is 3.02. The molecule has 0 saturated carbocycles. The summed E-state index contributed by atoms with van der Waals surface area (Å²) in [6, 6.07) is 14.5. The van der Waals surface area contributed by atoms with Gasteiger partial charge in [-0.25, -0.2) is 17.9 Å². The largest absolute Gasteiger partial charge is 0.507 e. The molecule has 0 aliphatic carbocycles. The average molecular weight is 509 g/mol. The number of phenols is 3. The number of piperidine rings is 1. The van der Waals surface area contributed by atoms with Crippen molar-refractivity contribution >= 4 is 15.7 Å². The molecule has 0 unspecified atom stereocenters. The fourth-order valence-corrected chi connectivity index (χ4v) is 6.44. The highest BCUT2D eigenvalue weighted by molar-refractivity contribution is 7.89. The fourth-order valence-electron chi connectivity index (χ4n) is 4.95. The lowest BCUT2D eigenvalue weighted by Gasteiger charge is -2.34. The first kappa shape index (κ1) is 24.1. The predicted octanol–water partition coefficient (Wildman–Crippen LogP) is 3.79. The quantitative estimate of drug-likeness (QED) is 0.338. The third kappa shape index (κ3) is 4.49. The Hall–Kier alpha value is -3.63. The number of hydrogen-bond acceptors (Lipinski definition) is 7. The number of phenolic OH excluding ortho intramolecular Hbond substituents is 3. The number of aromatic hydroxyl groups is 3. The van der Waals surface area contributed by atoms with Crippen LogP contribution < -0.4 is 0 Å². The summed E-state index contributed by atoms with van der Waals surface area (Å²) in [7, 11) is -3.75. The minimum Gasteiger partial charge on any atom is -0.507 e. The Morgan fingerprint density at radius 1 is 0.972 bits per heavy atom. The Morgan fingerprint density at radius 3 is 2.44 bits per heavy atom. The molecule has 188 valence electrons. The summed E-state index contributed by atoms with van der Waals surface area (Å²) in [5, 5.41) is 34.0. The van der Waals surface area contributed by atoms with E-state index in [1.54, 1.807) is 18.3 Å². The Labute approximate surface area is 209 Å². The molecule has 2 aromatic carbocycles. The van der Waals surface area contributed by atoms with Crippen LogP contribution in [-0.4, -0.2) is 55.7 Å². The van der Waals surface area contributed by atoms with E-state index >= 15 is 0 Å². The van der Waals surface area contributed by atoms with Crippen molar-refractivity contribution in [3.63, 3.8) is 0 Å². The third-order valence-electron chi connectivity index (χ3n) is 7.03. The molecule has 0 radical (unpaired) electrons. The Bertz CT molecular complexity index is 1510. The molecule has 9 nitrogen and oxygen atoms in total. The Morgan fingerprint density at radius 2 is 1.72 bits per heavy atom. The normalized spacial score (nSPS) is 16.4. The van der Waals surface area contributed by atoms with Gasteiger partial charge in [0.15, 0.2) is 17.1 Å². The smallest absolute Gasteiger partial charge is 0.243 e. The summed E-state index contributed by atoms with van der Waals surface area (Å²) in [6.45, 7) is 2.94. The highest BCUT2D eigenvalue weighted by atomic mass is 32.2. The van der Waals surface area contributed by atoms with Crippen molar-refractivity contribution in [3.8, 4) is 28.5 Å². The van der Waals surface area contributed by atoms with Crippen molar-refractivity contribution in [1.82, 2.24) is 18.9 Å². The summed E-state index contributed by atoms with van der Waals surface area (Å²) in [6.07, 6.45) is 3.86. The van der Waals surface area contributed by atoms with Crippen LogP contribution in [0.15, 0.2) is 65.7 Å². The molecule has 4 aromatic rings. The highest BCUT2D eigenvalue weighted by Gasteiger charge is 2.32. The second-order valence-electron chi connectivity index (χ2n) is 9.32. The van der Waals surface area contributed by atoms with E-state index in [4.69, 9.17) is 0 Å². The van der Waals surface area contributed by atoms with Crippen molar-refractivity contribution in [2.45, 2.75) is 31.1 Å². The first-order valence-electron chi connectivity index (χ1n) is 11.9. The predicted molar refractivity (Wildman–Crippen MR) is 134 cm³/mol. The molecule has 1 atom stereocenters. The molecule has 36 heavy (non-hydrogen) atoms. The Balaban J connectivity index is 1.32. The molecule has 1 saturated heterocycles. The SMILES string of the molecule is C[C@@H](Cc1cc(-c2ccccc2O)nc2ccnn12)C1CCN(S(=O)(=O)c2ccc(O)c(O)c2)CC1. The molecule has 1 fully saturated rings. The van der Waals surface area contributed by atoms with E-state index in [1.165, 1.54) is 16.4 Å². The van der Waals surface area contributed by atoms with Crippen molar-refractivity contribution in [2.24, 2.45) is 11.8 Å². The van der Waals surface area contributed by atoms with Crippen LogP contribution in [0, 0.1) is 11.8 Å². The van der Waals surface area contributed by atoms with Gasteiger partial charge in [0, 0.05) is 36.5 Å². The van der Waals surface area contributed by atoms with Gasteiger partial charge in [-0.05, 0) is 61.4 Å². The number of aromatic nitrogens is 3. The molecule has 0 spiro atoms. The number of rotatable bonds is 6. The van der Waals surface area contributed by atoms with E-state index < -0.39 is 15.8 Å². The van der Waals surface area contributed by atoms with Crippen LogP contribution in [0.3, 0.4) is 0 Å². The Kier molecular flexibility index (Phi) is 6.31. The van der Waals surface area contributed by atoms with E-state index in [0.29, 0.717) is 48.8 Å². The van der Waals surface area contributed by atoms with E-state index in [0.717, 1.165) is 18.2 Å². The zero-order valence-corrected chi connectivity index (χ0v) is 20.6. The van der Waals surface area contributed by atoms with Gasteiger partial charge >= 0.3 is 0 Å². The minimum atomic E-state index is -3.75. The van der Waals surface area contributed by atoms with Crippen LogP contribution in [0.4, 0.5) is 0 Å². The minimum absolute atomic E-state index is 0.0288. The number of hydrogen-bond donors (Lipinski definition) is 3. The van der Waals surface area contributed by atoms with Gasteiger partial charge in [0.2, 0.25) is 10.0 Å². The molecule has 0 bridgehead atoms. The van der Waals surface area contributed by atoms with Gasteiger partial charge in [-0.15, -0.1) is 0 Å². The summed E-state index contributed by atoms with van der Waals surface area (Å²) in [5.74, 6) is -0.0559. The van der Waals surface area contributed by atoms with Crippen molar-refractivity contribution in [1.29, 1.82) is 0 Å². The second kappa shape index (κ2) is 9.44. The van der Waals surface area contributed by atoms with Gasteiger partial charge < -0.3 is 15.3 Å². The van der Waals surface area contributed by atoms with Gasteiger partial charge in [-0.2, -0.15) is 9.40 Å². The third-order valence-corrected chi connectivity index (χ3v) is 8.93. The topological polar surface area (TPSA) is 128 Å². The zero-order chi connectivity index (χ0) is 25.4. The van der Waals surface area contributed by atoms with E-state index in [9.17, 15) is 23.7 Å². The monoisotopic (exact) mass is 508 g/mol. The van der Waals surface area contributed by atoms with Gasteiger partial charge in [0.05, 0.1) is 16.8 Å². The zero-order valence-electron chi connectivity index (χ0n) is 19.8. The van der Waals surface area contributed by atoms with E-state index in [-0.39, 0.29) is 22.3 Å². The first-order valence-corrected chi connectivity index (χ1v) is 13.3. The molecule has 3 heterocycles. The molecular weight excluding hydrogens is 480 g/mol. The molecule has 1 aliphatic rings. The van der Waals surface area contributed by atoms with Crippen molar-refractivity contribution < 1.29 is 23.7 Å². The molecular formula is C26H28N4O5S. The van der Waals surface area contributed by atoms with Gasteiger partial charge in [0.25, 0.3) is 0 Å². The van der Waals surface area contributed by atoms with Crippen LogP contribution in [0.25, 0.3) is 16.9 Å². The summed E-state index contributed by atoms with van der Waals surface area (Å²) in [4.78, 5) is 4.63. The summed E-state index contributed by atoms with van der Waals surface area (Å²) >= 11 is 0. The van der Waals surface area contributed by atoms with Crippen LogP contribution >= 0.6 is 0 Å². The summed E-state index contributed by atoms with van der Waals surface area (Å²) < 4.78 is 29.3. The maximum absolute atomic E-state index is 13.0. The molecule has 3 N–H and O–H groups in total. The molecule has 10 heteroatoms. The maximum Gasteiger partial charge on any atom is 0.243 e. The number of fused-ring (bicyclic) bond motifs is 1. The lowest BCUT2D eigenvalue weighted by molar-refractivity contribution is 0.214. The number of sulfonamides is 1. The number of para-hydroxylation sites is 1. The van der Waals surface area contributed by atoms with E-state index in [1.807, 2.05) is 28.8 Å².